The largest absolute Gasteiger partial charge is 0.396 e. The van der Waals surface area contributed by atoms with E-state index in [4.69, 9.17) is 16.7 Å². The average Bonchev–Trinajstić information content (AvgIpc) is 2.09. The molecule has 0 aliphatic carbocycles. The van der Waals surface area contributed by atoms with Gasteiger partial charge >= 0.3 is 0 Å². The number of hydrogen-bond acceptors (Lipinski definition) is 2. The zero-order valence-corrected chi connectivity index (χ0v) is 9.27. The molecule has 0 spiro atoms. The third kappa shape index (κ3) is 8.28. The maximum Gasteiger partial charge on any atom is 0.0431 e. The Morgan fingerprint density at radius 3 is 2.69 bits per heavy atom. The highest BCUT2D eigenvalue weighted by Crippen LogP contribution is 2.20. The first-order chi connectivity index (χ1) is 6.12. The second kappa shape index (κ2) is 7.36. The van der Waals surface area contributed by atoms with Crippen molar-refractivity contribution in [3.05, 3.63) is 11.6 Å². The van der Waals surface area contributed by atoms with Gasteiger partial charge in [-0.15, -0.1) is 0 Å². The molecule has 2 N–H and O–H groups in total. The van der Waals surface area contributed by atoms with E-state index in [0.717, 1.165) is 25.9 Å². The van der Waals surface area contributed by atoms with Gasteiger partial charge in [0.25, 0.3) is 0 Å². The van der Waals surface area contributed by atoms with Crippen LogP contribution in [0.2, 0.25) is 0 Å². The van der Waals surface area contributed by atoms with Crippen molar-refractivity contribution in [2.75, 3.05) is 19.7 Å². The van der Waals surface area contributed by atoms with Crippen LogP contribution in [0.15, 0.2) is 11.6 Å². The van der Waals surface area contributed by atoms with Crippen molar-refractivity contribution in [3.63, 3.8) is 0 Å². The van der Waals surface area contributed by atoms with E-state index in [1.807, 2.05) is 6.08 Å². The highest BCUT2D eigenvalue weighted by atomic mass is 35.5. The van der Waals surface area contributed by atoms with Crippen molar-refractivity contribution in [2.45, 2.75) is 26.7 Å². The van der Waals surface area contributed by atoms with Crippen LogP contribution in [0.1, 0.15) is 26.7 Å². The fourth-order valence-corrected chi connectivity index (χ4v) is 1.27. The SMILES string of the molecule is CC(C)(CCCO)CNC/C=C/Cl. The predicted molar refractivity (Wildman–Crippen MR) is 58.0 cm³/mol. The van der Waals surface area contributed by atoms with Gasteiger partial charge < -0.3 is 10.4 Å². The van der Waals surface area contributed by atoms with Gasteiger partial charge in [-0.2, -0.15) is 0 Å². The van der Waals surface area contributed by atoms with E-state index < -0.39 is 0 Å². The Morgan fingerprint density at radius 1 is 1.46 bits per heavy atom. The quantitative estimate of drug-likeness (QED) is 0.625. The summed E-state index contributed by atoms with van der Waals surface area (Å²) in [6.07, 6.45) is 3.80. The molecule has 0 fully saturated rings. The standard InChI is InChI=1S/C10H20ClNO/c1-10(2,5-3-8-13)9-12-7-4-6-11/h4,6,12-13H,3,5,7-9H2,1-2H3/b6-4+. The lowest BCUT2D eigenvalue weighted by atomic mass is 9.88. The number of aliphatic hydroxyl groups is 1. The summed E-state index contributed by atoms with van der Waals surface area (Å²) in [4.78, 5) is 0. The minimum atomic E-state index is 0.253. The average molecular weight is 206 g/mol. The zero-order chi connectivity index (χ0) is 10.2. The van der Waals surface area contributed by atoms with Crippen LogP contribution in [0.5, 0.6) is 0 Å². The fourth-order valence-electron chi connectivity index (χ4n) is 1.18. The molecule has 0 saturated carbocycles. The maximum absolute atomic E-state index is 8.69. The van der Waals surface area contributed by atoms with Crippen molar-refractivity contribution in [1.82, 2.24) is 5.32 Å². The van der Waals surface area contributed by atoms with Crippen LogP contribution in [-0.4, -0.2) is 24.8 Å². The molecule has 0 aromatic rings. The van der Waals surface area contributed by atoms with Gasteiger partial charge in [0.05, 0.1) is 0 Å². The molecular formula is C10H20ClNO. The molecule has 0 unspecified atom stereocenters. The van der Waals surface area contributed by atoms with E-state index in [2.05, 4.69) is 19.2 Å². The normalized spacial score (nSPS) is 12.6. The molecule has 0 aliphatic heterocycles. The van der Waals surface area contributed by atoms with Gasteiger partial charge in [0.2, 0.25) is 0 Å². The van der Waals surface area contributed by atoms with Crippen LogP contribution in [0.25, 0.3) is 0 Å². The van der Waals surface area contributed by atoms with Crippen molar-refractivity contribution in [3.8, 4) is 0 Å². The summed E-state index contributed by atoms with van der Waals surface area (Å²) in [5.41, 5.74) is 1.77. The number of halogens is 1. The molecule has 0 radical (unpaired) electrons. The van der Waals surface area contributed by atoms with E-state index in [1.165, 1.54) is 5.54 Å². The van der Waals surface area contributed by atoms with E-state index in [0.29, 0.717) is 0 Å². The number of nitrogens with one attached hydrogen (secondary N) is 1. The van der Waals surface area contributed by atoms with Gasteiger partial charge in [0.1, 0.15) is 0 Å². The van der Waals surface area contributed by atoms with Crippen LogP contribution < -0.4 is 5.32 Å². The topological polar surface area (TPSA) is 32.3 Å². The molecule has 0 heterocycles. The first-order valence-corrected chi connectivity index (χ1v) is 5.13. The Bertz CT molecular complexity index is 146. The van der Waals surface area contributed by atoms with E-state index in [9.17, 15) is 0 Å². The number of rotatable bonds is 7. The molecule has 2 nitrogen and oxygen atoms in total. The minimum absolute atomic E-state index is 0.253. The second-order valence-electron chi connectivity index (χ2n) is 3.98. The lowest BCUT2D eigenvalue weighted by Gasteiger charge is -2.24. The molecular weight excluding hydrogens is 186 g/mol. The molecule has 0 aromatic carbocycles. The molecule has 0 atom stereocenters. The number of aliphatic hydroxyl groups excluding tert-OH is 1. The summed E-state index contributed by atoms with van der Waals surface area (Å²) >= 11 is 5.38. The summed E-state index contributed by atoms with van der Waals surface area (Å²) in [7, 11) is 0. The van der Waals surface area contributed by atoms with Crippen LogP contribution in [0, 0.1) is 5.41 Å². The lowest BCUT2D eigenvalue weighted by molar-refractivity contribution is 0.238. The third-order valence-electron chi connectivity index (χ3n) is 1.97. The first kappa shape index (κ1) is 12.9. The molecule has 78 valence electrons. The minimum Gasteiger partial charge on any atom is -0.396 e. The zero-order valence-electron chi connectivity index (χ0n) is 8.52. The summed E-state index contributed by atoms with van der Waals surface area (Å²) in [5, 5.41) is 12.0. The molecule has 0 bridgehead atoms. The Labute approximate surface area is 86.0 Å². The van der Waals surface area contributed by atoms with Gasteiger partial charge in [-0.25, -0.2) is 0 Å². The Morgan fingerprint density at radius 2 is 2.15 bits per heavy atom. The molecule has 3 heteroatoms. The monoisotopic (exact) mass is 205 g/mol. The Balaban J connectivity index is 3.49. The summed E-state index contributed by atoms with van der Waals surface area (Å²) in [6, 6.07) is 0. The molecule has 0 saturated heterocycles. The second-order valence-corrected chi connectivity index (χ2v) is 4.24. The molecule has 0 aliphatic rings. The third-order valence-corrected chi connectivity index (χ3v) is 2.14. The van der Waals surface area contributed by atoms with Gasteiger partial charge in [-0.05, 0) is 18.3 Å². The number of hydrogen-bond donors (Lipinski definition) is 2. The van der Waals surface area contributed by atoms with Crippen molar-refractivity contribution >= 4 is 11.6 Å². The van der Waals surface area contributed by atoms with Gasteiger partial charge in [-0.1, -0.05) is 31.5 Å². The summed E-state index contributed by atoms with van der Waals surface area (Å²) in [5.74, 6) is 0. The summed E-state index contributed by atoms with van der Waals surface area (Å²) in [6.45, 7) is 6.44. The highest BCUT2D eigenvalue weighted by molar-refractivity contribution is 6.25. The van der Waals surface area contributed by atoms with E-state index in [1.54, 1.807) is 0 Å². The maximum atomic E-state index is 8.69. The highest BCUT2D eigenvalue weighted by Gasteiger charge is 2.15. The van der Waals surface area contributed by atoms with Crippen LogP contribution in [-0.2, 0) is 0 Å². The van der Waals surface area contributed by atoms with Crippen LogP contribution >= 0.6 is 11.6 Å². The lowest BCUT2D eigenvalue weighted by Crippen LogP contribution is -2.29. The molecule has 13 heavy (non-hydrogen) atoms. The van der Waals surface area contributed by atoms with E-state index in [-0.39, 0.29) is 12.0 Å². The van der Waals surface area contributed by atoms with E-state index >= 15 is 0 Å². The van der Waals surface area contributed by atoms with Crippen LogP contribution in [0.4, 0.5) is 0 Å². The predicted octanol–water partition coefficient (Wildman–Crippen LogP) is 2.13. The Kier molecular flexibility index (Phi) is 7.33. The van der Waals surface area contributed by atoms with Crippen LogP contribution in [0.3, 0.4) is 0 Å². The molecule has 0 aromatic heterocycles. The Hall–Kier alpha value is -0.0500. The fraction of sp³-hybridized carbons (Fsp3) is 0.800. The molecule has 0 rings (SSSR count). The van der Waals surface area contributed by atoms with Gasteiger partial charge in [0, 0.05) is 25.2 Å². The van der Waals surface area contributed by atoms with Crippen molar-refractivity contribution < 1.29 is 5.11 Å². The van der Waals surface area contributed by atoms with Crippen molar-refractivity contribution in [2.24, 2.45) is 5.41 Å². The molecule has 0 amide bonds. The first-order valence-electron chi connectivity index (χ1n) is 4.69. The van der Waals surface area contributed by atoms with Crippen molar-refractivity contribution in [1.29, 1.82) is 0 Å². The smallest absolute Gasteiger partial charge is 0.0431 e. The van der Waals surface area contributed by atoms with Gasteiger partial charge in [0.15, 0.2) is 0 Å². The van der Waals surface area contributed by atoms with Gasteiger partial charge in [-0.3, -0.25) is 0 Å². The summed E-state index contributed by atoms with van der Waals surface area (Å²) < 4.78 is 0.